The van der Waals surface area contributed by atoms with Gasteiger partial charge < -0.3 is 45.1 Å². The van der Waals surface area contributed by atoms with E-state index in [0.29, 0.717) is 19.3 Å². The molecule has 8 atom stereocenters. The maximum Gasteiger partial charge on any atom is 0.306 e. The number of allylic oxidation sites excluding steroid dienone is 13. The van der Waals surface area contributed by atoms with Gasteiger partial charge in [0.1, 0.15) is 24.4 Å². The van der Waals surface area contributed by atoms with Crippen molar-refractivity contribution in [3.05, 3.63) is 85.1 Å². The Morgan fingerprint density at radius 1 is 0.440 bits per heavy atom. The lowest BCUT2D eigenvalue weighted by molar-refractivity contribution is -0.305. The van der Waals surface area contributed by atoms with E-state index in [9.17, 15) is 35.1 Å². The number of hydrogen-bond donors (Lipinski definition) is 6. The van der Waals surface area contributed by atoms with Crippen LogP contribution in [0.15, 0.2) is 85.1 Å². The largest absolute Gasteiger partial charge is 0.454 e. The van der Waals surface area contributed by atoms with Crippen LogP contribution >= 0.6 is 0 Å². The fraction of sp³-hybridized carbons (Fsp3) is 0.800. The second-order valence-corrected chi connectivity index (χ2v) is 26.4. The maximum absolute atomic E-state index is 13.5. The molecule has 91 heavy (non-hydrogen) atoms. The first-order valence-corrected chi connectivity index (χ1v) is 38.4. The smallest absolute Gasteiger partial charge is 0.306 e. The Labute approximate surface area is 559 Å². The number of esters is 1. The van der Waals surface area contributed by atoms with Crippen LogP contribution < -0.4 is 5.32 Å². The van der Waals surface area contributed by atoms with Crippen LogP contribution in [0.1, 0.15) is 348 Å². The van der Waals surface area contributed by atoms with Gasteiger partial charge in [0, 0.05) is 6.42 Å². The molecule has 0 spiro atoms. The molecule has 1 amide bonds. The number of nitrogens with one attached hydrogen (secondary N) is 1. The highest BCUT2D eigenvalue weighted by Gasteiger charge is 2.47. The third-order valence-corrected chi connectivity index (χ3v) is 17.8. The molecule has 1 aliphatic heterocycles. The number of ether oxygens (including phenoxy) is 3. The third-order valence-electron chi connectivity index (χ3n) is 17.8. The number of unbranched alkanes of at least 4 members (excludes halogenated alkanes) is 40. The molecular weight excluding hydrogens is 1130 g/mol. The van der Waals surface area contributed by atoms with Gasteiger partial charge in [-0.3, -0.25) is 9.59 Å². The van der Waals surface area contributed by atoms with Crippen molar-refractivity contribution in [3.63, 3.8) is 0 Å². The summed E-state index contributed by atoms with van der Waals surface area (Å²) in [6.45, 7) is 5.71. The lowest BCUT2D eigenvalue weighted by Gasteiger charge is -2.41. The molecule has 8 unspecified atom stereocenters. The van der Waals surface area contributed by atoms with Gasteiger partial charge in [0.2, 0.25) is 5.91 Å². The second-order valence-electron chi connectivity index (χ2n) is 26.4. The number of hydrogen-bond acceptors (Lipinski definition) is 10. The quantitative estimate of drug-likeness (QED) is 0.0195. The summed E-state index contributed by atoms with van der Waals surface area (Å²) in [5.74, 6) is -1.19. The molecule has 1 rings (SSSR count). The van der Waals surface area contributed by atoms with Crippen LogP contribution in [0.25, 0.3) is 0 Å². The summed E-state index contributed by atoms with van der Waals surface area (Å²) >= 11 is 0. The lowest BCUT2D eigenvalue weighted by atomic mass is 9.99. The summed E-state index contributed by atoms with van der Waals surface area (Å²) in [5, 5.41) is 57.3. The van der Waals surface area contributed by atoms with Gasteiger partial charge in [0.25, 0.3) is 0 Å². The highest BCUT2D eigenvalue weighted by Crippen LogP contribution is 2.26. The first-order chi connectivity index (χ1) is 44.7. The van der Waals surface area contributed by atoms with E-state index in [1.165, 1.54) is 205 Å². The van der Waals surface area contributed by atoms with Crippen LogP contribution in [0.5, 0.6) is 0 Å². The molecule has 0 saturated carbocycles. The molecule has 1 fully saturated rings. The van der Waals surface area contributed by atoms with Crippen molar-refractivity contribution >= 4 is 11.9 Å². The minimum Gasteiger partial charge on any atom is -0.454 e. The van der Waals surface area contributed by atoms with Crippen LogP contribution in [0.2, 0.25) is 0 Å². The SMILES string of the molecule is CC/C=C\C/C=C\C/C=C\C/C=C\C/C=C\CCCCCCCCCCCCCC(=O)OC1C(OCC(NC(=O)C(O)CCCCCCCCCCCCCCCC/C=C/CCCCCCCC)C(O)/C=C/CCCCCCCCCCC)OC(CO)C(O)C1O. The topological polar surface area (TPSA) is 175 Å². The van der Waals surface area contributed by atoms with E-state index in [-0.39, 0.29) is 13.0 Å². The molecule has 528 valence electrons. The van der Waals surface area contributed by atoms with Gasteiger partial charge in [0.05, 0.1) is 25.4 Å². The van der Waals surface area contributed by atoms with E-state index in [1.54, 1.807) is 6.08 Å². The van der Waals surface area contributed by atoms with Crippen molar-refractivity contribution in [3.8, 4) is 0 Å². The van der Waals surface area contributed by atoms with Crippen molar-refractivity contribution in [1.82, 2.24) is 5.32 Å². The average molecular weight is 1280 g/mol. The molecule has 0 aromatic heterocycles. The number of aliphatic hydroxyl groups excluding tert-OH is 5. The van der Waals surface area contributed by atoms with Gasteiger partial charge >= 0.3 is 5.97 Å². The molecule has 11 nitrogen and oxygen atoms in total. The van der Waals surface area contributed by atoms with Gasteiger partial charge in [-0.1, -0.05) is 331 Å². The number of carbonyl (C=O) groups is 2. The van der Waals surface area contributed by atoms with Crippen molar-refractivity contribution in [2.24, 2.45) is 0 Å². The van der Waals surface area contributed by atoms with Crippen molar-refractivity contribution < 1.29 is 49.3 Å². The van der Waals surface area contributed by atoms with E-state index in [4.69, 9.17) is 14.2 Å². The molecule has 0 aromatic carbocycles. The first-order valence-electron chi connectivity index (χ1n) is 38.4. The van der Waals surface area contributed by atoms with E-state index < -0.39 is 67.4 Å². The first kappa shape index (κ1) is 85.9. The van der Waals surface area contributed by atoms with Crippen LogP contribution in [-0.2, 0) is 23.8 Å². The highest BCUT2D eigenvalue weighted by molar-refractivity contribution is 5.80. The zero-order valence-corrected chi connectivity index (χ0v) is 59.0. The molecule has 0 aliphatic carbocycles. The van der Waals surface area contributed by atoms with Gasteiger partial charge in [-0.2, -0.15) is 0 Å². The van der Waals surface area contributed by atoms with Crippen LogP contribution in [0, 0.1) is 0 Å². The minimum absolute atomic E-state index is 0.118. The highest BCUT2D eigenvalue weighted by atomic mass is 16.7. The van der Waals surface area contributed by atoms with Gasteiger partial charge in [-0.25, -0.2) is 0 Å². The van der Waals surface area contributed by atoms with Crippen molar-refractivity contribution in [1.29, 1.82) is 0 Å². The molecule has 1 saturated heterocycles. The summed E-state index contributed by atoms with van der Waals surface area (Å²) in [4.78, 5) is 26.7. The monoisotopic (exact) mass is 1280 g/mol. The summed E-state index contributed by atoms with van der Waals surface area (Å²) in [5.41, 5.74) is 0. The Morgan fingerprint density at radius 2 is 0.791 bits per heavy atom. The zero-order chi connectivity index (χ0) is 66.0. The normalized spacial score (nSPS) is 18.4. The molecule has 0 radical (unpaired) electrons. The zero-order valence-electron chi connectivity index (χ0n) is 59.0. The predicted molar refractivity (Wildman–Crippen MR) is 384 cm³/mol. The van der Waals surface area contributed by atoms with E-state index in [2.05, 4.69) is 99.0 Å². The molecule has 0 bridgehead atoms. The summed E-state index contributed by atoms with van der Waals surface area (Å²) in [6.07, 6.45) is 79.2. The Balaban J connectivity index is 2.50. The molecule has 0 aromatic rings. The van der Waals surface area contributed by atoms with Crippen molar-refractivity contribution in [2.75, 3.05) is 13.2 Å². The van der Waals surface area contributed by atoms with E-state index in [0.717, 1.165) is 96.3 Å². The molecule has 1 aliphatic rings. The summed E-state index contributed by atoms with van der Waals surface area (Å²) < 4.78 is 17.7. The molecule has 6 N–H and O–H groups in total. The lowest BCUT2D eigenvalue weighted by Crippen LogP contribution is -2.61. The minimum atomic E-state index is -1.62. The third kappa shape index (κ3) is 53.7. The number of carbonyl (C=O) groups excluding carboxylic acids is 2. The Kier molecular flexibility index (Phi) is 63.1. The number of amides is 1. The second kappa shape index (κ2) is 66.8. The number of aliphatic hydroxyl groups is 5. The van der Waals surface area contributed by atoms with Crippen molar-refractivity contribution in [2.45, 2.75) is 397 Å². The molecule has 11 heteroatoms. The average Bonchev–Trinajstić information content (AvgIpc) is 1.14. The summed E-state index contributed by atoms with van der Waals surface area (Å²) in [6, 6.07) is -1.03. The maximum atomic E-state index is 13.5. The Morgan fingerprint density at radius 3 is 1.20 bits per heavy atom. The van der Waals surface area contributed by atoms with Crippen LogP contribution in [0.4, 0.5) is 0 Å². The van der Waals surface area contributed by atoms with Gasteiger partial charge in [0.15, 0.2) is 12.4 Å². The standard InChI is InChI=1S/C80H143NO10/c1-4-7-10-13-16-19-22-24-26-28-30-32-34-36-37-38-40-42-44-46-48-50-53-56-59-62-65-68-75(85)91-78-77(87)76(86)74(69-82)90-80(78)89-70-71(72(83)66-63-60-57-54-51-21-18-15-12-9-6-3)81-79(88)73(84)67-64-61-58-55-52-49-47-45-43-41-39-35-33-31-29-27-25-23-20-17-14-11-8-5-2/h7,10,16,19,24-27,30,32,36-37,63,66,71-74,76-78,80,82-84,86-87H,4-6,8-9,11-15,17-18,20-23,28-29,31,33-35,38-62,64-65,67-70H2,1-3H3,(H,81,88)/b10-7-,19-16-,26-24-,27-25+,32-30-,37-36-,66-63+. The van der Waals surface area contributed by atoms with Crippen LogP contribution in [-0.4, -0.2) is 99.6 Å². The van der Waals surface area contributed by atoms with E-state index in [1.807, 2.05) is 6.08 Å². The molecular formula is C80H143NO10. The van der Waals surface area contributed by atoms with E-state index >= 15 is 0 Å². The fourth-order valence-electron chi connectivity index (χ4n) is 11.8. The fourth-order valence-corrected chi connectivity index (χ4v) is 11.8. The Hall–Kier alpha value is -3.16. The predicted octanol–water partition coefficient (Wildman–Crippen LogP) is 20.4. The van der Waals surface area contributed by atoms with Crippen LogP contribution in [0.3, 0.4) is 0 Å². The Bertz CT molecular complexity index is 1810. The molecule has 1 heterocycles. The number of rotatable bonds is 66. The summed E-state index contributed by atoms with van der Waals surface area (Å²) in [7, 11) is 0. The van der Waals surface area contributed by atoms with Gasteiger partial charge in [-0.05, 0) is 96.3 Å². The van der Waals surface area contributed by atoms with Gasteiger partial charge in [-0.15, -0.1) is 0 Å².